The summed E-state index contributed by atoms with van der Waals surface area (Å²) in [6.07, 6.45) is 7.76. The van der Waals surface area contributed by atoms with Gasteiger partial charge in [0.05, 0.1) is 5.69 Å². The number of amides is 1. The van der Waals surface area contributed by atoms with Crippen LogP contribution in [-0.2, 0) is 13.0 Å². The lowest BCUT2D eigenvalue weighted by atomic mass is 9.94. The van der Waals surface area contributed by atoms with E-state index in [1.54, 1.807) is 18.3 Å². The zero-order valence-electron chi connectivity index (χ0n) is 22.6. The highest BCUT2D eigenvalue weighted by atomic mass is 16.2. The van der Waals surface area contributed by atoms with Crippen molar-refractivity contribution < 1.29 is 4.79 Å². The van der Waals surface area contributed by atoms with Crippen LogP contribution in [0.25, 0.3) is 22.5 Å². The highest BCUT2D eigenvalue weighted by Crippen LogP contribution is 2.36. The first kappa shape index (κ1) is 25.2. The molecule has 0 saturated carbocycles. The Hall–Kier alpha value is -4.77. The SMILES string of the molecule is Nc1ncnn2c(C3CCNCC3)cc(-c3ccc(NC(=O)c4c5n(n(-c6ccccn6)c4=O)CCCC5)cc3)c12. The molecule has 0 bridgehead atoms. The van der Waals surface area contributed by atoms with Crippen LogP contribution in [-0.4, -0.2) is 47.9 Å². The van der Waals surface area contributed by atoms with E-state index < -0.39 is 5.91 Å². The topological polar surface area (TPSA) is 137 Å². The van der Waals surface area contributed by atoms with Crippen molar-refractivity contribution in [1.82, 2.24) is 34.3 Å². The van der Waals surface area contributed by atoms with E-state index in [1.165, 1.54) is 11.0 Å². The zero-order chi connectivity index (χ0) is 27.9. The maximum atomic E-state index is 13.5. The number of nitrogens with one attached hydrogen (secondary N) is 2. The molecule has 5 aromatic rings. The van der Waals surface area contributed by atoms with Crippen molar-refractivity contribution in [1.29, 1.82) is 0 Å². The molecule has 11 heteroatoms. The number of fused-ring (bicyclic) bond motifs is 2. The molecule has 208 valence electrons. The number of hydrogen-bond acceptors (Lipinski definition) is 7. The van der Waals surface area contributed by atoms with Crippen molar-refractivity contribution in [2.45, 2.75) is 44.6 Å². The van der Waals surface area contributed by atoms with Gasteiger partial charge in [-0.15, -0.1) is 0 Å². The van der Waals surface area contributed by atoms with E-state index >= 15 is 0 Å². The van der Waals surface area contributed by atoms with Gasteiger partial charge in [0.1, 0.15) is 17.4 Å². The molecule has 1 fully saturated rings. The van der Waals surface area contributed by atoms with Crippen LogP contribution in [0.3, 0.4) is 0 Å². The van der Waals surface area contributed by atoms with Crippen molar-refractivity contribution in [2.24, 2.45) is 0 Å². The van der Waals surface area contributed by atoms with E-state index in [-0.39, 0.29) is 11.1 Å². The van der Waals surface area contributed by atoms with Crippen LogP contribution in [0.1, 0.15) is 53.3 Å². The summed E-state index contributed by atoms with van der Waals surface area (Å²) in [4.78, 5) is 35.6. The van der Waals surface area contributed by atoms with Crippen molar-refractivity contribution in [3.05, 3.63) is 88.4 Å². The standard InChI is InChI=1S/C30H31N9O2/c31-28-27-22(17-24(38(27)35-18-34-28)20-11-14-32-15-12-20)19-7-9-21(10-8-19)36-29(40)26-23-5-2-4-16-37(23)39(30(26)41)25-6-1-3-13-33-25/h1,3,6-10,13,17-18,20,32H,2,4-5,11-12,14-16H2,(H,36,40)(H2,31,34,35). The third kappa shape index (κ3) is 4.38. The Morgan fingerprint density at radius 3 is 2.66 bits per heavy atom. The van der Waals surface area contributed by atoms with Crippen LogP contribution in [0.5, 0.6) is 0 Å². The molecule has 7 rings (SSSR count). The van der Waals surface area contributed by atoms with E-state index in [1.807, 2.05) is 39.5 Å². The Morgan fingerprint density at radius 2 is 1.88 bits per heavy atom. The number of pyridine rings is 1. The Morgan fingerprint density at radius 1 is 1.05 bits per heavy atom. The molecule has 0 aliphatic carbocycles. The predicted molar refractivity (Wildman–Crippen MR) is 156 cm³/mol. The predicted octanol–water partition coefficient (Wildman–Crippen LogP) is 3.38. The lowest BCUT2D eigenvalue weighted by molar-refractivity contribution is 0.102. The highest BCUT2D eigenvalue weighted by Gasteiger charge is 2.28. The molecular weight excluding hydrogens is 518 g/mol. The molecule has 0 unspecified atom stereocenters. The number of nitrogens with zero attached hydrogens (tertiary/aromatic N) is 6. The Labute approximate surface area is 236 Å². The molecule has 1 saturated heterocycles. The molecule has 0 atom stereocenters. The number of benzene rings is 1. The number of piperidine rings is 1. The Balaban J connectivity index is 1.20. The molecule has 0 radical (unpaired) electrons. The molecule has 4 N–H and O–H groups in total. The average molecular weight is 550 g/mol. The first-order chi connectivity index (χ1) is 20.1. The molecule has 41 heavy (non-hydrogen) atoms. The minimum absolute atomic E-state index is 0.175. The van der Waals surface area contributed by atoms with Gasteiger partial charge in [0, 0.05) is 35.6 Å². The number of aromatic nitrogens is 6. The number of carbonyl (C=O) groups is 1. The maximum absolute atomic E-state index is 13.5. The zero-order valence-corrected chi connectivity index (χ0v) is 22.6. The van der Waals surface area contributed by atoms with Gasteiger partial charge < -0.3 is 16.4 Å². The first-order valence-corrected chi connectivity index (χ1v) is 14.1. The second kappa shape index (κ2) is 10.3. The molecular formula is C30H31N9O2. The summed E-state index contributed by atoms with van der Waals surface area (Å²) in [6.45, 7) is 2.61. The van der Waals surface area contributed by atoms with Gasteiger partial charge in [-0.05, 0) is 81.1 Å². The number of carbonyl (C=O) groups excluding carboxylic acids is 1. The van der Waals surface area contributed by atoms with Gasteiger partial charge in [0.2, 0.25) is 0 Å². The number of nitrogen functional groups attached to an aromatic ring is 1. The van der Waals surface area contributed by atoms with Crippen LogP contribution in [0.4, 0.5) is 11.5 Å². The van der Waals surface area contributed by atoms with E-state index in [0.717, 1.165) is 66.8 Å². The Bertz CT molecular complexity index is 1800. The fraction of sp³-hybridized carbons (Fsp3) is 0.300. The van der Waals surface area contributed by atoms with Crippen LogP contribution in [0.15, 0.2) is 65.8 Å². The monoisotopic (exact) mass is 549 g/mol. The van der Waals surface area contributed by atoms with Gasteiger partial charge in [0.25, 0.3) is 11.5 Å². The van der Waals surface area contributed by atoms with Gasteiger partial charge in [0.15, 0.2) is 11.6 Å². The second-order valence-corrected chi connectivity index (χ2v) is 10.7. The summed E-state index contributed by atoms with van der Waals surface area (Å²) in [5.41, 5.74) is 11.3. The molecule has 4 aromatic heterocycles. The minimum Gasteiger partial charge on any atom is -0.382 e. The van der Waals surface area contributed by atoms with Gasteiger partial charge in [-0.2, -0.15) is 9.78 Å². The van der Waals surface area contributed by atoms with Crippen LogP contribution < -0.4 is 21.9 Å². The Kier molecular flexibility index (Phi) is 6.35. The van der Waals surface area contributed by atoms with Crippen LogP contribution in [0.2, 0.25) is 0 Å². The van der Waals surface area contributed by atoms with E-state index in [2.05, 4.69) is 31.8 Å². The normalized spacial score (nSPS) is 15.6. The van der Waals surface area contributed by atoms with E-state index in [4.69, 9.17) is 5.73 Å². The van der Waals surface area contributed by atoms with Crippen LogP contribution in [0, 0.1) is 0 Å². The highest BCUT2D eigenvalue weighted by molar-refractivity contribution is 6.05. The lowest BCUT2D eigenvalue weighted by Gasteiger charge is -2.22. The van der Waals surface area contributed by atoms with Gasteiger partial charge in [-0.3, -0.25) is 14.3 Å². The number of hydrogen-bond donors (Lipinski definition) is 3. The lowest BCUT2D eigenvalue weighted by Crippen LogP contribution is -2.27. The third-order valence-corrected chi connectivity index (χ3v) is 8.20. The molecule has 0 spiro atoms. The fourth-order valence-corrected chi connectivity index (χ4v) is 6.21. The largest absolute Gasteiger partial charge is 0.382 e. The van der Waals surface area contributed by atoms with Gasteiger partial charge >= 0.3 is 0 Å². The quantitative estimate of drug-likeness (QED) is 0.306. The van der Waals surface area contributed by atoms with Crippen molar-refractivity contribution in [2.75, 3.05) is 24.1 Å². The van der Waals surface area contributed by atoms with Gasteiger partial charge in [-0.1, -0.05) is 18.2 Å². The molecule has 2 aliphatic heterocycles. The van der Waals surface area contributed by atoms with Crippen molar-refractivity contribution >= 4 is 22.9 Å². The fourth-order valence-electron chi connectivity index (χ4n) is 6.21. The maximum Gasteiger partial charge on any atom is 0.285 e. The summed E-state index contributed by atoms with van der Waals surface area (Å²) in [5.74, 6) is 0.906. The van der Waals surface area contributed by atoms with E-state index in [0.29, 0.717) is 36.2 Å². The van der Waals surface area contributed by atoms with Gasteiger partial charge in [-0.25, -0.2) is 14.5 Å². The molecule has 6 heterocycles. The summed E-state index contributed by atoms with van der Waals surface area (Å²) in [5, 5.41) is 10.9. The molecule has 1 aromatic carbocycles. The third-order valence-electron chi connectivity index (χ3n) is 8.20. The average Bonchev–Trinajstić information content (AvgIpc) is 3.54. The van der Waals surface area contributed by atoms with Crippen molar-refractivity contribution in [3.8, 4) is 16.9 Å². The number of anilines is 2. The van der Waals surface area contributed by atoms with E-state index in [9.17, 15) is 9.59 Å². The number of rotatable bonds is 5. The molecule has 1 amide bonds. The molecule has 2 aliphatic rings. The summed E-state index contributed by atoms with van der Waals surface area (Å²) in [7, 11) is 0. The summed E-state index contributed by atoms with van der Waals surface area (Å²) >= 11 is 0. The first-order valence-electron chi connectivity index (χ1n) is 14.1. The summed E-state index contributed by atoms with van der Waals surface area (Å²) in [6, 6.07) is 15.2. The molecule has 11 nitrogen and oxygen atoms in total. The van der Waals surface area contributed by atoms with Crippen molar-refractivity contribution in [3.63, 3.8) is 0 Å². The number of nitrogens with two attached hydrogens (primary N) is 1. The second-order valence-electron chi connectivity index (χ2n) is 10.7. The van der Waals surface area contributed by atoms with Crippen LogP contribution >= 0.6 is 0 Å². The smallest absolute Gasteiger partial charge is 0.285 e. The summed E-state index contributed by atoms with van der Waals surface area (Å²) < 4.78 is 5.35. The minimum atomic E-state index is -0.414.